The summed E-state index contributed by atoms with van der Waals surface area (Å²) < 4.78 is 82.0. The first-order valence-corrected chi connectivity index (χ1v) is 27.3. The number of nitrogens with zero attached hydrogens (tertiary/aromatic N) is 2. The summed E-state index contributed by atoms with van der Waals surface area (Å²) >= 11 is 0. The van der Waals surface area contributed by atoms with Gasteiger partial charge in [-0.1, -0.05) is 159 Å². The van der Waals surface area contributed by atoms with Crippen LogP contribution in [0.25, 0.3) is 0 Å². The van der Waals surface area contributed by atoms with E-state index in [1.807, 2.05) is 0 Å². The molecule has 6 aliphatic carbocycles. The van der Waals surface area contributed by atoms with E-state index >= 15 is 8.78 Å². The van der Waals surface area contributed by atoms with Crippen LogP contribution in [0.4, 0.5) is 22.0 Å². The van der Waals surface area contributed by atoms with Gasteiger partial charge in [-0.3, -0.25) is 9.80 Å². The van der Waals surface area contributed by atoms with Crippen molar-refractivity contribution in [2.24, 2.45) is 47.3 Å². The minimum atomic E-state index is -2.52. The average Bonchev–Trinajstić information content (AvgIpc) is 4.01. The monoisotopic (exact) mass is 904 g/mol. The number of ether oxygens (including phenoxy) is 1. The lowest BCUT2D eigenvalue weighted by Crippen LogP contribution is -2.51. The second-order valence-electron chi connectivity index (χ2n) is 21.7. The predicted molar refractivity (Wildman–Crippen MR) is 253 cm³/mol. The second kappa shape index (κ2) is 17.6. The van der Waals surface area contributed by atoms with E-state index < -0.39 is 42.7 Å². The summed E-state index contributed by atoms with van der Waals surface area (Å²) in [6.45, 7) is 12.5. The molecular weight excluding hydrogens is 840 g/mol. The molecule has 4 fully saturated rings. The lowest BCUT2D eigenvalue weighted by atomic mass is 9.82. The van der Waals surface area contributed by atoms with Crippen molar-refractivity contribution in [3.05, 3.63) is 167 Å². The van der Waals surface area contributed by atoms with Crippen molar-refractivity contribution in [2.75, 3.05) is 6.61 Å². The van der Waals surface area contributed by atoms with Crippen LogP contribution in [0.3, 0.4) is 0 Å². The summed E-state index contributed by atoms with van der Waals surface area (Å²) in [6, 6.07) is 12.4. The van der Waals surface area contributed by atoms with Gasteiger partial charge in [-0.05, 0) is 86.3 Å². The lowest BCUT2D eigenvalue weighted by molar-refractivity contribution is -0.00471. The van der Waals surface area contributed by atoms with Crippen LogP contribution in [0.15, 0.2) is 127 Å². The molecular formula is C56H65F5N2OSi. The van der Waals surface area contributed by atoms with E-state index in [2.05, 4.69) is 166 Å². The van der Waals surface area contributed by atoms with Gasteiger partial charge in [0.2, 0.25) is 5.82 Å². The molecule has 2 heterocycles. The first kappa shape index (κ1) is 44.9. The van der Waals surface area contributed by atoms with E-state index in [9.17, 15) is 13.2 Å². The molecule has 2 aliphatic heterocycles. The molecule has 2 saturated heterocycles. The van der Waals surface area contributed by atoms with E-state index in [0.29, 0.717) is 46.8 Å². The number of allylic oxidation sites excluding steroid dienone is 10. The summed E-state index contributed by atoms with van der Waals surface area (Å²) in [5.41, 5.74) is 2.34. The number of hydrogen-bond acceptors (Lipinski definition) is 3. The number of hydrogen-bond donors (Lipinski definition) is 0. The summed E-state index contributed by atoms with van der Waals surface area (Å²) in [7, 11) is -2.52. The van der Waals surface area contributed by atoms with Gasteiger partial charge in [0.1, 0.15) is 0 Å². The Labute approximate surface area is 384 Å². The maximum absolute atomic E-state index is 15.8. The molecule has 3 nitrogen and oxygen atoms in total. The molecule has 2 aromatic carbocycles. The first-order chi connectivity index (χ1) is 31.3. The second-order valence-corrected chi connectivity index (χ2v) is 26.6. The summed E-state index contributed by atoms with van der Waals surface area (Å²) in [6.07, 6.45) is 39.2. The molecule has 2 aromatic rings. The van der Waals surface area contributed by atoms with E-state index in [0.717, 1.165) is 44.4 Å². The van der Waals surface area contributed by atoms with Gasteiger partial charge in [0.05, 0.1) is 13.7 Å². The fourth-order valence-electron chi connectivity index (χ4n) is 15.0. The van der Waals surface area contributed by atoms with Gasteiger partial charge in [0.15, 0.2) is 23.3 Å². The highest BCUT2D eigenvalue weighted by Gasteiger charge is 2.70. The highest BCUT2D eigenvalue weighted by atomic mass is 28.3. The van der Waals surface area contributed by atoms with E-state index in [4.69, 9.17) is 4.74 Å². The highest BCUT2D eigenvalue weighted by molar-refractivity contribution is 6.82. The smallest absolute Gasteiger partial charge is 0.200 e. The van der Waals surface area contributed by atoms with Crippen molar-refractivity contribution in [3.63, 3.8) is 0 Å². The van der Waals surface area contributed by atoms with Crippen molar-refractivity contribution in [1.29, 1.82) is 0 Å². The molecule has 10 rings (SSSR count). The Balaban J connectivity index is 1.09. The third kappa shape index (κ3) is 7.72. The predicted octanol–water partition coefficient (Wildman–Crippen LogP) is 13.2. The maximum atomic E-state index is 15.8. The largest absolute Gasteiger partial charge is 0.376 e. The van der Waals surface area contributed by atoms with Crippen LogP contribution < -0.4 is 0 Å². The maximum Gasteiger partial charge on any atom is 0.200 e. The van der Waals surface area contributed by atoms with Gasteiger partial charge in [-0.2, -0.15) is 0 Å². The molecule has 8 aliphatic rings. The van der Waals surface area contributed by atoms with Crippen molar-refractivity contribution in [3.8, 4) is 0 Å². The number of rotatable bonds is 13. The number of benzene rings is 2. The van der Waals surface area contributed by atoms with Crippen molar-refractivity contribution in [2.45, 2.75) is 120 Å². The minimum absolute atomic E-state index is 0.0308. The van der Waals surface area contributed by atoms with Crippen LogP contribution in [-0.4, -0.2) is 54.2 Å². The summed E-state index contributed by atoms with van der Waals surface area (Å²) in [5.74, 6) is -7.42. The minimum Gasteiger partial charge on any atom is -0.376 e. The van der Waals surface area contributed by atoms with E-state index in [-0.39, 0.29) is 47.9 Å². The van der Waals surface area contributed by atoms with Crippen LogP contribution >= 0.6 is 0 Å². The molecule has 2 saturated carbocycles. The Morgan fingerprint density at radius 3 is 1.69 bits per heavy atom. The molecule has 0 aromatic heterocycles. The number of halogens is 5. The zero-order valence-electron chi connectivity index (χ0n) is 38.5. The molecule has 15 unspecified atom stereocenters. The Morgan fingerprint density at radius 2 is 1.08 bits per heavy atom. The van der Waals surface area contributed by atoms with Crippen LogP contribution in [-0.2, 0) is 17.8 Å². The molecule has 0 radical (unpaired) electrons. The van der Waals surface area contributed by atoms with Crippen molar-refractivity contribution in [1.82, 2.24) is 9.80 Å². The van der Waals surface area contributed by atoms with Crippen molar-refractivity contribution >= 4 is 8.07 Å². The van der Waals surface area contributed by atoms with Gasteiger partial charge in [0, 0.05) is 61.3 Å². The molecule has 65 heavy (non-hydrogen) atoms. The summed E-state index contributed by atoms with van der Waals surface area (Å²) in [4.78, 5) is 4.98. The third-order valence-corrected chi connectivity index (χ3v) is 23.2. The van der Waals surface area contributed by atoms with Crippen LogP contribution in [0.1, 0.15) is 64.5 Å². The fraction of sp³-hybridized carbons (Fsp3) is 0.500. The highest BCUT2D eigenvalue weighted by Crippen LogP contribution is 2.71. The fourth-order valence-corrected chi connectivity index (χ4v) is 22.1. The van der Waals surface area contributed by atoms with Crippen LogP contribution in [0.2, 0.25) is 23.7 Å². The van der Waals surface area contributed by atoms with Gasteiger partial charge < -0.3 is 4.74 Å². The summed E-state index contributed by atoms with van der Waals surface area (Å²) in [5, 5.41) is 0. The zero-order valence-corrected chi connectivity index (χ0v) is 39.5. The number of unbranched alkanes of at least 4 members (excludes halogenated alkanes) is 3. The number of likely N-dealkylation sites (tertiary alicyclic amines) is 2. The average molecular weight is 905 g/mol. The molecule has 0 N–H and O–H groups in total. The molecule has 0 amide bonds. The quantitative estimate of drug-likeness (QED) is 0.0655. The third-order valence-electron chi connectivity index (χ3n) is 17.2. The standard InChI is InChI=1S/C56H65F5N2OSi/c1-34-27-28-44-41(31-34)46-53(63(44)33-42-47(57)49(59)51(61)50(60)48(42)58)37-22-12-14-24-39(37)55(46)65(5,30-18-7-6-17-29-64-56(2,3)4)54-38-23-13-11-21-36(38)52-45(54)40-25-15-16-26-43(40)62(52)32-35-19-9-8-10-20-35/h8-16,19-28,31,36-41,43-46,52-55H,6-7,17-18,29-30,32-33H2,1-5H3. The molecule has 0 spiro atoms. The van der Waals surface area contributed by atoms with Crippen LogP contribution in [0.5, 0.6) is 0 Å². The molecule has 9 heteroatoms. The lowest BCUT2D eigenvalue weighted by Gasteiger charge is -2.50. The normalized spacial score (nSPS) is 36.1. The zero-order chi connectivity index (χ0) is 45.4. The van der Waals surface area contributed by atoms with E-state index in [1.165, 1.54) is 11.6 Å². The van der Waals surface area contributed by atoms with Gasteiger partial charge in [-0.15, -0.1) is 0 Å². The van der Waals surface area contributed by atoms with Crippen LogP contribution in [0, 0.1) is 76.4 Å². The molecule has 0 bridgehead atoms. The molecule has 15 atom stereocenters. The Bertz CT molecular complexity index is 2340. The van der Waals surface area contributed by atoms with Gasteiger partial charge in [0.25, 0.3) is 0 Å². The topological polar surface area (TPSA) is 15.7 Å². The van der Waals surface area contributed by atoms with E-state index in [1.54, 1.807) is 0 Å². The Hall–Kier alpha value is -3.89. The Morgan fingerprint density at radius 1 is 0.569 bits per heavy atom. The van der Waals surface area contributed by atoms with Crippen molar-refractivity contribution < 1.29 is 26.7 Å². The van der Waals surface area contributed by atoms with Gasteiger partial charge >= 0.3 is 0 Å². The first-order valence-electron chi connectivity index (χ1n) is 24.4. The molecule has 344 valence electrons. The number of fused-ring (bicyclic) bond motifs is 10. The van der Waals surface area contributed by atoms with Gasteiger partial charge in [-0.25, -0.2) is 22.0 Å². The SMILES string of the molecule is CC1=CC2C3C(C4C=CC=CC4C3[Si](C)(CCCCCCOC(C)(C)C)C3C4C=CC=CC4C4C3C3C=CC=CC3N4Cc3ccccc3)N(Cc3c(F)c(F)c(F)c(F)c3F)C2C=C1. The Kier molecular flexibility index (Phi) is 12.2.